The summed E-state index contributed by atoms with van der Waals surface area (Å²) in [6, 6.07) is 6.34. The van der Waals surface area contributed by atoms with E-state index in [-0.39, 0.29) is 29.7 Å². The lowest BCUT2D eigenvalue weighted by atomic mass is 10.1. The van der Waals surface area contributed by atoms with Gasteiger partial charge < -0.3 is 15.2 Å². The van der Waals surface area contributed by atoms with E-state index in [0.717, 1.165) is 5.69 Å². The molecule has 7 nitrogen and oxygen atoms in total. The van der Waals surface area contributed by atoms with Gasteiger partial charge in [0.25, 0.3) is 5.91 Å². The fraction of sp³-hybridized carbons (Fsp3) is 0.353. The van der Waals surface area contributed by atoms with Crippen molar-refractivity contribution >= 4 is 17.6 Å². The van der Waals surface area contributed by atoms with Crippen LogP contribution in [0.3, 0.4) is 0 Å². The van der Waals surface area contributed by atoms with Crippen molar-refractivity contribution in [2.75, 3.05) is 12.4 Å². The standard InChI is InChI=1S/C17H21N3O4/c1-10(2)15-8-14(19-20(15)3)16(21)18-13-6-11(9-24-4)5-12(7-13)17(22)23/h5-8,10H,9H2,1-4H3,(H,18,21)(H,22,23). The molecule has 0 aliphatic rings. The van der Waals surface area contributed by atoms with Crippen LogP contribution in [0, 0.1) is 0 Å². The summed E-state index contributed by atoms with van der Waals surface area (Å²) in [4.78, 5) is 23.6. The van der Waals surface area contributed by atoms with Crippen LogP contribution in [-0.4, -0.2) is 33.9 Å². The Hall–Kier alpha value is -2.67. The zero-order chi connectivity index (χ0) is 17.9. The number of nitrogens with zero attached hydrogens (tertiary/aromatic N) is 2. The SMILES string of the molecule is COCc1cc(NC(=O)c2cc(C(C)C)n(C)n2)cc(C(=O)O)c1. The normalized spacial score (nSPS) is 10.9. The summed E-state index contributed by atoms with van der Waals surface area (Å²) < 4.78 is 6.70. The van der Waals surface area contributed by atoms with E-state index < -0.39 is 5.97 Å². The first-order valence-electron chi connectivity index (χ1n) is 7.53. The molecule has 0 radical (unpaired) electrons. The minimum Gasteiger partial charge on any atom is -0.478 e. The number of rotatable bonds is 6. The van der Waals surface area contributed by atoms with E-state index in [0.29, 0.717) is 11.3 Å². The number of amides is 1. The molecule has 2 N–H and O–H groups in total. The minimum absolute atomic E-state index is 0.0868. The van der Waals surface area contributed by atoms with Crippen molar-refractivity contribution in [3.05, 3.63) is 46.8 Å². The fourth-order valence-corrected chi connectivity index (χ4v) is 2.47. The van der Waals surface area contributed by atoms with Gasteiger partial charge in [-0.2, -0.15) is 5.10 Å². The van der Waals surface area contributed by atoms with Gasteiger partial charge in [0.2, 0.25) is 0 Å². The number of methoxy groups -OCH3 is 1. The third-order valence-corrected chi connectivity index (χ3v) is 3.55. The molecule has 0 aliphatic heterocycles. The number of ether oxygens (including phenoxy) is 1. The first-order valence-corrected chi connectivity index (χ1v) is 7.53. The fourth-order valence-electron chi connectivity index (χ4n) is 2.47. The second-order valence-corrected chi connectivity index (χ2v) is 5.84. The molecule has 128 valence electrons. The van der Waals surface area contributed by atoms with Crippen LogP contribution in [-0.2, 0) is 18.4 Å². The number of aromatic carboxylic acids is 1. The second-order valence-electron chi connectivity index (χ2n) is 5.84. The molecule has 2 aromatic rings. The summed E-state index contributed by atoms with van der Waals surface area (Å²) in [5, 5.41) is 16.1. The van der Waals surface area contributed by atoms with Gasteiger partial charge in [-0.1, -0.05) is 13.8 Å². The first kappa shape index (κ1) is 17.7. The van der Waals surface area contributed by atoms with Crippen LogP contribution >= 0.6 is 0 Å². The molecule has 0 saturated carbocycles. The van der Waals surface area contributed by atoms with Gasteiger partial charge in [-0.3, -0.25) is 9.48 Å². The predicted octanol–water partition coefficient (Wildman–Crippen LogP) is 2.64. The quantitative estimate of drug-likeness (QED) is 0.849. The number of carbonyl (C=O) groups is 2. The Balaban J connectivity index is 2.27. The lowest BCUT2D eigenvalue weighted by Crippen LogP contribution is -2.14. The number of carbonyl (C=O) groups excluding carboxylic acids is 1. The number of carboxylic acid groups (broad SMARTS) is 1. The third-order valence-electron chi connectivity index (χ3n) is 3.55. The summed E-state index contributed by atoms with van der Waals surface area (Å²) in [6.45, 7) is 4.29. The summed E-state index contributed by atoms with van der Waals surface area (Å²) in [5.74, 6) is -1.21. The molecular formula is C17H21N3O4. The molecule has 7 heteroatoms. The lowest BCUT2D eigenvalue weighted by Gasteiger charge is -2.08. The van der Waals surface area contributed by atoms with Crippen LogP contribution in [0.4, 0.5) is 5.69 Å². The van der Waals surface area contributed by atoms with E-state index in [1.165, 1.54) is 19.2 Å². The molecule has 1 aromatic carbocycles. The number of benzene rings is 1. The van der Waals surface area contributed by atoms with E-state index in [2.05, 4.69) is 10.4 Å². The molecule has 0 atom stereocenters. The summed E-state index contributed by atoms with van der Waals surface area (Å²) in [6.07, 6.45) is 0. The number of aryl methyl sites for hydroxylation is 1. The molecule has 1 aromatic heterocycles. The Bertz CT molecular complexity index is 765. The smallest absolute Gasteiger partial charge is 0.335 e. The van der Waals surface area contributed by atoms with Gasteiger partial charge >= 0.3 is 5.97 Å². The monoisotopic (exact) mass is 331 g/mol. The molecule has 0 saturated heterocycles. The number of anilines is 1. The molecule has 0 unspecified atom stereocenters. The number of nitrogens with one attached hydrogen (secondary N) is 1. The molecule has 0 spiro atoms. The maximum Gasteiger partial charge on any atom is 0.335 e. The number of hydrogen-bond acceptors (Lipinski definition) is 4. The van der Waals surface area contributed by atoms with Crippen molar-refractivity contribution in [2.45, 2.75) is 26.4 Å². The van der Waals surface area contributed by atoms with Gasteiger partial charge in [-0.05, 0) is 35.7 Å². The Kier molecular flexibility index (Phi) is 5.35. The van der Waals surface area contributed by atoms with Crippen LogP contribution in [0.25, 0.3) is 0 Å². The van der Waals surface area contributed by atoms with Gasteiger partial charge in [-0.15, -0.1) is 0 Å². The van der Waals surface area contributed by atoms with Crippen LogP contribution in [0.1, 0.15) is 51.9 Å². The van der Waals surface area contributed by atoms with Crippen molar-refractivity contribution < 1.29 is 19.4 Å². The molecular weight excluding hydrogens is 310 g/mol. The molecule has 24 heavy (non-hydrogen) atoms. The molecule has 0 bridgehead atoms. The highest BCUT2D eigenvalue weighted by Crippen LogP contribution is 2.19. The Labute approximate surface area is 140 Å². The summed E-state index contributed by atoms with van der Waals surface area (Å²) in [5.41, 5.74) is 2.37. The Morgan fingerprint density at radius 2 is 2.00 bits per heavy atom. The average Bonchev–Trinajstić information content (AvgIpc) is 2.89. The van der Waals surface area contributed by atoms with Crippen LogP contribution in [0.15, 0.2) is 24.3 Å². The predicted molar refractivity (Wildman–Crippen MR) is 89.4 cm³/mol. The van der Waals surface area contributed by atoms with E-state index in [1.54, 1.807) is 23.9 Å². The lowest BCUT2D eigenvalue weighted by molar-refractivity contribution is 0.0696. The van der Waals surface area contributed by atoms with Crippen molar-refractivity contribution in [1.29, 1.82) is 0 Å². The minimum atomic E-state index is -1.07. The topological polar surface area (TPSA) is 93.5 Å². The van der Waals surface area contributed by atoms with Gasteiger partial charge in [-0.25, -0.2) is 4.79 Å². The van der Waals surface area contributed by atoms with E-state index in [9.17, 15) is 14.7 Å². The van der Waals surface area contributed by atoms with Gasteiger partial charge in [0, 0.05) is 25.5 Å². The largest absolute Gasteiger partial charge is 0.478 e. The van der Waals surface area contributed by atoms with Crippen LogP contribution in [0.2, 0.25) is 0 Å². The number of aromatic nitrogens is 2. The van der Waals surface area contributed by atoms with Gasteiger partial charge in [0.1, 0.15) is 0 Å². The van der Waals surface area contributed by atoms with Gasteiger partial charge in [0.15, 0.2) is 5.69 Å². The second kappa shape index (κ2) is 7.27. The third kappa shape index (κ3) is 3.99. The average molecular weight is 331 g/mol. The van der Waals surface area contributed by atoms with E-state index in [1.807, 2.05) is 13.8 Å². The number of carboxylic acids is 1. The summed E-state index contributed by atoms with van der Waals surface area (Å²) in [7, 11) is 3.31. The Morgan fingerprint density at radius 1 is 1.29 bits per heavy atom. The molecule has 0 aliphatic carbocycles. The molecule has 1 amide bonds. The maximum atomic E-state index is 12.4. The molecule has 1 heterocycles. The van der Waals surface area contributed by atoms with E-state index >= 15 is 0 Å². The molecule has 2 rings (SSSR count). The first-order chi connectivity index (χ1) is 11.3. The van der Waals surface area contributed by atoms with Crippen LogP contribution in [0.5, 0.6) is 0 Å². The van der Waals surface area contributed by atoms with Crippen molar-refractivity contribution in [1.82, 2.24) is 9.78 Å². The Morgan fingerprint density at radius 3 is 2.54 bits per heavy atom. The number of hydrogen-bond donors (Lipinski definition) is 2. The van der Waals surface area contributed by atoms with Gasteiger partial charge in [0.05, 0.1) is 12.2 Å². The van der Waals surface area contributed by atoms with Crippen molar-refractivity contribution in [2.24, 2.45) is 7.05 Å². The summed E-state index contributed by atoms with van der Waals surface area (Å²) >= 11 is 0. The zero-order valence-electron chi connectivity index (χ0n) is 14.2. The van der Waals surface area contributed by atoms with Crippen LogP contribution < -0.4 is 5.32 Å². The zero-order valence-corrected chi connectivity index (χ0v) is 14.2. The maximum absolute atomic E-state index is 12.4. The highest BCUT2D eigenvalue weighted by atomic mass is 16.5. The van der Waals surface area contributed by atoms with Crippen molar-refractivity contribution in [3.8, 4) is 0 Å². The van der Waals surface area contributed by atoms with Crippen molar-refractivity contribution in [3.63, 3.8) is 0 Å². The highest BCUT2D eigenvalue weighted by molar-refractivity contribution is 6.03. The highest BCUT2D eigenvalue weighted by Gasteiger charge is 2.16. The molecule has 0 fully saturated rings. The van der Waals surface area contributed by atoms with E-state index in [4.69, 9.17) is 4.74 Å².